The van der Waals surface area contributed by atoms with E-state index in [4.69, 9.17) is 17.3 Å². The molecule has 0 heterocycles. The SMILES string of the molecule is Cc1cc(C(=O)C(C)N)c(C)cc1Cl. The van der Waals surface area contributed by atoms with Crippen LogP contribution < -0.4 is 5.73 Å². The fourth-order valence-corrected chi connectivity index (χ4v) is 1.51. The zero-order valence-corrected chi connectivity index (χ0v) is 9.35. The van der Waals surface area contributed by atoms with Crippen LogP contribution in [0.1, 0.15) is 28.4 Å². The van der Waals surface area contributed by atoms with E-state index >= 15 is 0 Å². The first kappa shape index (κ1) is 11.2. The topological polar surface area (TPSA) is 43.1 Å². The molecule has 0 spiro atoms. The smallest absolute Gasteiger partial charge is 0.179 e. The maximum absolute atomic E-state index is 11.7. The minimum atomic E-state index is -0.464. The van der Waals surface area contributed by atoms with Crippen molar-refractivity contribution in [3.8, 4) is 0 Å². The Labute approximate surface area is 89.1 Å². The van der Waals surface area contributed by atoms with Gasteiger partial charge in [0, 0.05) is 10.6 Å². The summed E-state index contributed by atoms with van der Waals surface area (Å²) in [4.78, 5) is 11.7. The number of hydrogen-bond donors (Lipinski definition) is 1. The molecule has 0 saturated heterocycles. The molecule has 0 radical (unpaired) electrons. The maximum atomic E-state index is 11.7. The lowest BCUT2D eigenvalue weighted by Crippen LogP contribution is -2.27. The minimum Gasteiger partial charge on any atom is -0.321 e. The first-order valence-corrected chi connectivity index (χ1v) is 4.88. The lowest BCUT2D eigenvalue weighted by atomic mass is 9.99. The minimum absolute atomic E-state index is 0.0396. The fraction of sp³-hybridized carbons (Fsp3) is 0.364. The molecule has 1 aromatic carbocycles. The zero-order valence-electron chi connectivity index (χ0n) is 8.60. The Kier molecular flexibility index (Phi) is 3.29. The number of rotatable bonds is 2. The first-order chi connectivity index (χ1) is 6.43. The summed E-state index contributed by atoms with van der Waals surface area (Å²) in [5.41, 5.74) is 7.99. The standard InChI is InChI=1S/C11H14ClNO/c1-6-5-10(12)7(2)4-9(6)11(14)8(3)13/h4-5,8H,13H2,1-3H3. The van der Waals surface area contributed by atoms with Crippen LogP contribution in [0.25, 0.3) is 0 Å². The lowest BCUT2D eigenvalue weighted by molar-refractivity contribution is 0.0967. The molecule has 0 aliphatic carbocycles. The number of Topliss-reactive ketones (excluding diaryl/α,β-unsaturated/α-hetero) is 1. The maximum Gasteiger partial charge on any atom is 0.179 e. The van der Waals surface area contributed by atoms with Gasteiger partial charge in [0.1, 0.15) is 0 Å². The molecule has 0 amide bonds. The molecule has 2 nitrogen and oxygen atoms in total. The van der Waals surface area contributed by atoms with Crippen LogP contribution in [0.15, 0.2) is 12.1 Å². The molecular weight excluding hydrogens is 198 g/mol. The van der Waals surface area contributed by atoms with Crippen molar-refractivity contribution in [3.63, 3.8) is 0 Å². The summed E-state index contributed by atoms with van der Waals surface area (Å²) in [6.07, 6.45) is 0. The Morgan fingerprint density at radius 1 is 1.36 bits per heavy atom. The lowest BCUT2D eigenvalue weighted by Gasteiger charge is -2.09. The summed E-state index contributed by atoms with van der Waals surface area (Å²) < 4.78 is 0. The summed E-state index contributed by atoms with van der Waals surface area (Å²) in [6, 6.07) is 3.13. The average Bonchev–Trinajstić information content (AvgIpc) is 2.10. The number of halogens is 1. The van der Waals surface area contributed by atoms with Crippen molar-refractivity contribution in [2.45, 2.75) is 26.8 Å². The zero-order chi connectivity index (χ0) is 10.9. The number of carbonyl (C=O) groups is 1. The monoisotopic (exact) mass is 211 g/mol. The highest BCUT2D eigenvalue weighted by Gasteiger charge is 2.14. The molecule has 3 heteroatoms. The van der Waals surface area contributed by atoms with Gasteiger partial charge in [-0.2, -0.15) is 0 Å². The van der Waals surface area contributed by atoms with Crippen LogP contribution in [0.5, 0.6) is 0 Å². The first-order valence-electron chi connectivity index (χ1n) is 4.50. The normalized spacial score (nSPS) is 12.6. The van der Waals surface area contributed by atoms with Gasteiger partial charge in [-0.25, -0.2) is 0 Å². The van der Waals surface area contributed by atoms with E-state index in [0.717, 1.165) is 11.1 Å². The second-order valence-electron chi connectivity index (χ2n) is 3.57. The molecule has 1 atom stereocenters. The molecule has 0 bridgehead atoms. The highest BCUT2D eigenvalue weighted by atomic mass is 35.5. The van der Waals surface area contributed by atoms with Gasteiger partial charge in [-0.15, -0.1) is 0 Å². The van der Waals surface area contributed by atoms with Crippen LogP contribution in [0, 0.1) is 13.8 Å². The number of benzene rings is 1. The summed E-state index contributed by atoms with van der Waals surface area (Å²) in [7, 11) is 0. The van der Waals surface area contributed by atoms with Crippen molar-refractivity contribution in [3.05, 3.63) is 33.8 Å². The highest BCUT2D eigenvalue weighted by Crippen LogP contribution is 2.21. The molecule has 0 fully saturated rings. The Bertz CT molecular complexity index is 372. The van der Waals surface area contributed by atoms with Crippen molar-refractivity contribution in [1.29, 1.82) is 0 Å². The third-order valence-corrected chi connectivity index (χ3v) is 2.59. The second-order valence-corrected chi connectivity index (χ2v) is 3.98. The van der Waals surface area contributed by atoms with Crippen molar-refractivity contribution in [2.24, 2.45) is 5.73 Å². The van der Waals surface area contributed by atoms with Crippen LogP contribution in [-0.2, 0) is 0 Å². The Balaban J connectivity index is 3.22. The molecule has 2 N–H and O–H groups in total. The van der Waals surface area contributed by atoms with E-state index < -0.39 is 6.04 Å². The molecule has 0 aliphatic heterocycles. The van der Waals surface area contributed by atoms with E-state index in [9.17, 15) is 4.79 Å². The largest absolute Gasteiger partial charge is 0.321 e. The summed E-state index contributed by atoms with van der Waals surface area (Å²) in [5, 5.41) is 0.684. The molecule has 0 aromatic heterocycles. The molecule has 0 aliphatic rings. The van der Waals surface area contributed by atoms with E-state index in [-0.39, 0.29) is 5.78 Å². The molecule has 76 valence electrons. The number of carbonyl (C=O) groups excluding carboxylic acids is 1. The van der Waals surface area contributed by atoms with Crippen LogP contribution >= 0.6 is 11.6 Å². The summed E-state index contributed by atoms with van der Waals surface area (Å²) in [6.45, 7) is 5.42. The molecular formula is C11H14ClNO. The number of hydrogen-bond acceptors (Lipinski definition) is 2. The summed E-state index contributed by atoms with van der Waals surface area (Å²) in [5.74, 6) is -0.0396. The van der Waals surface area contributed by atoms with Gasteiger partial charge in [0.25, 0.3) is 0 Å². The van der Waals surface area contributed by atoms with Gasteiger partial charge in [0.05, 0.1) is 6.04 Å². The van der Waals surface area contributed by atoms with Crippen molar-refractivity contribution in [1.82, 2.24) is 0 Å². The van der Waals surface area contributed by atoms with Gasteiger partial charge in [0.15, 0.2) is 5.78 Å². The predicted octanol–water partition coefficient (Wildman–Crippen LogP) is 2.49. The Hall–Kier alpha value is -0.860. The highest BCUT2D eigenvalue weighted by molar-refractivity contribution is 6.31. The number of nitrogens with two attached hydrogens (primary N) is 1. The predicted molar refractivity (Wildman–Crippen MR) is 58.9 cm³/mol. The Morgan fingerprint density at radius 3 is 2.43 bits per heavy atom. The van der Waals surface area contributed by atoms with Crippen LogP contribution in [0.4, 0.5) is 0 Å². The van der Waals surface area contributed by atoms with Crippen molar-refractivity contribution >= 4 is 17.4 Å². The van der Waals surface area contributed by atoms with Crippen molar-refractivity contribution < 1.29 is 4.79 Å². The van der Waals surface area contributed by atoms with Gasteiger partial charge >= 0.3 is 0 Å². The van der Waals surface area contributed by atoms with Gasteiger partial charge in [-0.3, -0.25) is 4.79 Å². The van der Waals surface area contributed by atoms with E-state index in [1.165, 1.54) is 0 Å². The average molecular weight is 212 g/mol. The molecule has 1 aromatic rings. The van der Waals surface area contributed by atoms with Gasteiger partial charge in [0.2, 0.25) is 0 Å². The quantitative estimate of drug-likeness (QED) is 0.764. The molecule has 14 heavy (non-hydrogen) atoms. The number of aryl methyl sites for hydroxylation is 2. The van der Waals surface area contributed by atoms with Gasteiger partial charge < -0.3 is 5.73 Å². The molecule has 0 saturated carbocycles. The van der Waals surface area contributed by atoms with Crippen LogP contribution in [-0.4, -0.2) is 11.8 Å². The molecule has 1 rings (SSSR count). The Morgan fingerprint density at radius 2 is 1.93 bits per heavy atom. The van der Waals surface area contributed by atoms with E-state index in [0.29, 0.717) is 10.6 Å². The third-order valence-electron chi connectivity index (χ3n) is 2.18. The van der Waals surface area contributed by atoms with E-state index in [1.54, 1.807) is 19.1 Å². The number of ketones is 1. The van der Waals surface area contributed by atoms with E-state index in [1.807, 2.05) is 13.8 Å². The van der Waals surface area contributed by atoms with E-state index in [2.05, 4.69) is 0 Å². The second kappa shape index (κ2) is 4.11. The summed E-state index contributed by atoms with van der Waals surface area (Å²) >= 11 is 5.93. The van der Waals surface area contributed by atoms with Gasteiger partial charge in [-0.1, -0.05) is 11.6 Å². The van der Waals surface area contributed by atoms with Crippen LogP contribution in [0.2, 0.25) is 5.02 Å². The fourth-order valence-electron chi connectivity index (χ4n) is 1.29. The van der Waals surface area contributed by atoms with Gasteiger partial charge in [-0.05, 0) is 44.0 Å². The van der Waals surface area contributed by atoms with Crippen LogP contribution in [0.3, 0.4) is 0 Å². The third kappa shape index (κ3) is 2.14. The van der Waals surface area contributed by atoms with Crippen molar-refractivity contribution in [2.75, 3.05) is 0 Å². The molecule has 1 unspecified atom stereocenters.